The maximum absolute atomic E-state index is 12.2. The summed E-state index contributed by atoms with van der Waals surface area (Å²) in [5.41, 5.74) is 4.25. The van der Waals surface area contributed by atoms with Gasteiger partial charge in [0, 0.05) is 29.7 Å². The van der Waals surface area contributed by atoms with Gasteiger partial charge in [-0.1, -0.05) is 17.7 Å². The van der Waals surface area contributed by atoms with Crippen molar-refractivity contribution >= 4 is 22.6 Å². The first-order valence-corrected chi connectivity index (χ1v) is 8.08. The van der Waals surface area contributed by atoms with Gasteiger partial charge in [-0.15, -0.1) is 0 Å². The quantitative estimate of drug-likeness (QED) is 0.555. The second-order valence-electron chi connectivity index (χ2n) is 5.66. The lowest BCUT2D eigenvalue weighted by Crippen LogP contribution is -2.04. The fourth-order valence-corrected chi connectivity index (χ4v) is 3.05. The molecule has 1 N–H and O–H groups in total. The molecule has 0 saturated carbocycles. The summed E-state index contributed by atoms with van der Waals surface area (Å²) in [6, 6.07) is 12.6. The number of aryl methyl sites for hydroxylation is 1. The minimum atomic E-state index is -0.0908. The Labute approximate surface area is 148 Å². The summed E-state index contributed by atoms with van der Waals surface area (Å²) in [7, 11) is 0. The molecule has 25 heavy (non-hydrogen) atoms. The van der Waals surface area contributed by atoms with E-state index in [-0.39, 0.29) is 5.43 Å². The van der Waals surface area contributed by atoms with Crippen molar-refractivity contribution in [3.8, 4) is 22.5 Å². The zero-order chi connectivity index (χ0) is 17.4. The highest BCUT2D eigenvalue weighted by molar-refractivity contribution is 6.29. The molecule has 0 amide bonds. The maximum Gasteiger partial charge on any atom is 0.191 e. The molecule has 0 saturated heterocycles. The molecular weight excluding hydrogens is 336 g/mol. The Morgan fingerprint density at radius 3 is 2.72 bits per heavy atom. The molecule has 0 radical (unpaired) electrons. The lowest BCUT2D eigenvalue weighted by molar-refractivity contribution is 1.20. The first-order chi connectivity index (χ1) is 12.1. The molecule has 0 unspecified atom stereocenters. The number of halogens is 1. The third-order valence-electron chi connectivity index (χ3n) is 3.88. The number of nitrogens with zero attached hydrogens (tertiary/aromatic N) is 3. The Morgan fingerprint density at radius 1 is 1.08 bits per heavy atom. The van der Waals surface area contributed by atoms with E-state index in [2.05, 4.69) is 19.9 Å². The maximum atomic E-state index is 12.2. The third-order valence-corrected chi connectivity index (χ3v) is 4.08. The largest absolute Gasteiger partial charge is 0.346 e. The molecule has 4 aromatic heterocycles. The fourth-order valence-electron chi connectivity index (χ4n) is 2.80. The molecule has 0 bridgehead atoms. The zero-order valence-electron chi connectivity index (χ0n) is 13.3. The van der Waals surface area contributed by atoms with Crippen LogP contribution in [-0.4, -0.2) is 19.9 Å². The summed E-state index contributed by atoms with van der Waals surface area (Å²) >= 11 is 6.13. The van der Waals surface area contributed by atoms with Gasteiger partial charge in [0.25, 0.3) is 0 Å². The molecule has 4 heterocycles. The number of fused-ring (bicyclic) bond motifs is 1. The second kappa shape index (κ2) is 6.11. The highest BCUT2D eigenvalue weighted by Crippen LogP contribution is 2.32. The van der Waals surface area contributed by atoms with Gasteiger partial charge < -0.3 is 4.98 Å². The summed E-state index contributed by atoms with van der Waals surface area (Å²) in [6.45, 7) is 1.87. The van der Waals surface area contributed by atoms with E-state index in [9.17, 15) is 4.79 Å². The summed E-state index contributed by atoms with van der Waals surface area (Å²) in [5, 5.41) is 0.909. The van der Waals surface area contributed by atoms with E-state index >= 15 is 0 Å². The normalized spacial score (nSPS) is 11.0. The average molecular weight is 349 g/mol. The predicted molar refractivity (Wildman–Crippen MR) is 98.6 cm³/mol. The second-order valence-corrected chi connectivity index (χ2v) is 6.04. The number of nitrogens with one attached hydrogen (secondary N) is 1. The van der Waals surface area contributed by atoms with E-state index in [0.717, 1.165) is 22.5 Å². The van der Waals surface area contributed by atoms with Crippen LogP contribution in [0.5, 0.6) is 0 Å². The van der Waals surface area contributed by atoms with Gasteiger partial charge in [0.15, 0.2) is 5.43 Å². The Hall–Kier alpha value is -3.05. The molecule has 0 aliphatic heterocycles. The van der Waals surface area contributed by atoms with Crippen LogP contribution in [0.3, 0.4) is 0 Å². The first-order valence-electron chi connectivity index (χ1n) is 7.70. The molecule has 0 spiro atoms. The number of hydrogen-bond donors (Lipinski definition) is 1. The zero-order valence-corrected chi connectivity index (χ0v) is 14.1. The molecule has 0 aromatic carbocycles. The number of rotatable bonds is 2. The van der Waals surface area contributed by atoms with Crippen LogP contribution < -0.4 is 5.43 Å². The van der Waals surface area contributed by atoms with Gasteiger partial charge in [-0.05, 0) is 42.8 Å². The lowest BCUT2D eigenvalue weighted by Gasteiger charge is -2.11. The molecule has 4 aromatic rings. The van der Waals surface area contributed by atoms with Crippen LogP contribution in [0.1, 0.15) is 5.69 Å². The van der Waals surface area contributed by atoms with E-state index < -0.39 is 0 Å². The van der Waals surface area contributed by atoms with Crippen molar-refractivity contribution in [2.75, 3.05) is 0 Å². The van der Waals surface area contributed by atoms with E-state index in [0.29, 0.717) is 21.9 Å². The molecule has 122 valence electrons. The van der Waals surface area contributed by atoms with Gasteiger partial charge in [-0.3, -0.25) is 9.78 Å². The molecule has 5 nitrogen and oxygen atoms in total. The van der Waals surface area contributed by atoms with Crippen LogP contribution in [0.2, 0.25) is 5.15 Å². The first kappa shape index (κ1) is 15.5. The highest BCUT2D eigenvalue weighted by Gasteiger charge is 2.14. The van der Waals surface area contributed by atoms with Crippen LogP contribution in [0.4, 0.5) is 0 Å². The molecule has 0 atom stereocenters. The number of H-pyrrole nitrogens is 1. The van der Waals surface area contributed by atoms with Crippen molar-refractivity contribution in [3.05, 3.63) is 75.9 Å². The minimum absolute atomic E-state index is 0.0908. The van der Waals surface area contributed by atoms with Crippen molar-refractivity contribution < 1.29 is 0 Å². The van der Waals surface area contributed by atoms with Crippen molar-refractivity contribution in [2.45, 2.75) is 6.92 Å². The molecular formula is C19H13ClN4O. The summed E-state index contributed by atoms with van der Waals surface area (Å²) in [5.74, 6) is 0. The van der Waals surface area contributed by atoms with Gasteiger partial charge in [-0.2, -0.15) is 0 Å². The summed E-state index contributed by atoms with van der Waals surface area (Å²) in [6.07, 6.45) is 3.30. The molecule has 4 rings (SSSR count). The van der Waals surface area contributed by atoms with Gasteiger partial charge in [0.2, 0.25) is 0 Å². The number of hydrogen-bond acceptors (Lipinski definition) is 4. The molecule has 0 fully saturated rings. The monoisotopic (exact) mass is 348 g/mol. The SMILES string of the molecule is Cc1cc(-c2cc3c(=O)cc[nH]c3nc2-c2ccccn2)cc(Cl)n1. The summed E-state index contributed by atoms with van der Waals surface area (Å²) < 4.78 is 0. The Bertz CT molecular complexity index is 1120. The van der Waals surface area contributed by atoms with Crippen LogP contribution in [-0.2, 0) is 0 Å². The third kappa shape index (κ3) is 2.90. The van der Waals surface area contributed by atoms with E-state index in [1.165, 1.54) is 6.07 Å². The highest BCUT2D eigenvalue weighted by atomic mass is 35.5. The topological polar surface area (TPSA) is 71.5 Å². The van der Waals surface area contributed by atoms with Crippen LogP contribution in [0.15, 0.2) is 59.7 Å². The number of aromatic nitrogens is 4. The molecule has 6 heteroatoms. The Kier molecular flexibility index (Phi) is 3.78. The standard InChI is InChI=1S/C19H13ClN4O/c1-11-8-12(9-17(20)23-11)13-10-14-16(25)5-7-22-19(14)24-18(13)15-4-2-3-6-21-15/h2-10H,1H3,(H,22,24,25). The minimum Gasteiger partial charge on any atom is -0.346 e. The smallest absolute Gasteiger partial charge is 0.191 e. The van der Waals surface area contributed by atoms with Gasteiger partial charge in [0.05, 0.1) is 16.8 Å². The summed E-state index contributed by atoms with van der Waals surface area (Å²) in [4.78, 5) is 28.5. The molecule has 0 aliphatic carbocycles. The van der Waals surface area contributed by atoms with Crippen LogP contribution in [0.25, 0.3) is 33.5 Å². The average Bonchev–Trinajstić information content (AvgIpc) is 2.61. The number of aromatic amines is 1. The fraction of sp³-hybridized carbons (Fsp3) is 0.0526. The van der Waals surface area contributed by atoms with Gasteiger partial charge >= 0.3 is 0 Å². The van der Waals surface area contributed by atoms with Crippen molar-refractivity contribution in [3.63, 3.8) is 0 Å². The van der Waals surface area contributed by atoms with E-state index in [1.807, 2.05) is 37.3 Å². The van der Waals surface area contributed by atoms with Crippen molar-refractivity contribution in [2.24, 2.45) is 0 Å². The van der Waals surface area contributed by atoms with E-state index in [4.69, 9.17) is 11.6 Å². The van der Waals surface area contributed by atoms with Gasteiger partial charge in [-0.25, -0.2) is 9.97 Å². The number of pyridine rings is 4. The Morgan fingerprint density at radius 2 is 1.96 bits per heavy atom. The van der Waals surface area contributed by atoms with Crippen molar-refractivity contribution in [1.29, 1.82) is 0 Å². The Balaban J connectivity index is 2.10. The lowest BCUT2D eigenvalue weighted by atomic mass is 10.0. The van der Waals surface area contributed by atoms with Crippen LogP contribution in [0, 0.1) is 6.92 Å². The van der Waals surface area contributed by atoms with Crippen molar-refractivity contribution in [1.82, 2.24) is 19.9 Å². The molecule has 0 aliphatic rings. The van der Waals surface area contributed by atoms with Gasteiger partial charge in [0.1, 0.15) is 10.8 Å². The van der Waals surface area contributed by atoms with E-state index in [1.54, 1.807) is 18.5 Å². The van der Waals surface area contributed by atoms with Crippen LogP contribution >= 0.6 is 11.6 Å². The predicted octanol–water partition coefficient (Wildman–Crippen LogP) is 4.01.